The smallest absolute Gasteiger partial charge is 0.295 e. The molecule has 0 bridgehead atoms. The molecular weight excluding hydrogens is 494 g/mol. The molecule has 5 rings (SSSR count). The Morgan fingerprint density at radius 1 is 0.974 bits per heavy atom. The molecule has 0 radical (unpaired) electrons. The van der Waals surface area contributed by atoms with Gasteiger partial charge in [-0.15, -0.1) is 0 Å². The standard InChI is InChI=1S/C32H33NO6/c1-4-37-26-14-11-22(19-27(26)38-5-2)29-28(30(34)23-12-13-25-24(18-23)17-20(3)39-25)31(35)32(36)33(29)16-15-21-9-7-6-8-10-21/h6-14,18-20,29,34H,4-5,15-17H2,1-3H3. The molecule has 0 aliphatic carbocycles. The number of carbonyl (C=O) groups excluding carboxylic acids is 2. The number of hydrogen-bond acceptors (Lipinski definition) is 6. The predicted octanol–water partition coefficient (Wildman–Crippen LogP) is 5.47. The number of aliphatic hydroxyl groups excluding tert-OH is 1. The van der Waals surface area contributed by atoms with E-state index in [2.05, 4.69) is 0 Å². The van der Waals surface area contributed by atoms with Crippen LogP contribution in [0.5, 0.6) is 17.2 Å². The Hall–Kier alpha value is -4.26. The van der Waals surface area contributed by atoms with Gasteiger partial charge in [0.2, 0.25) is 0 Å². The second-order valence-electron chi connectivity index (χ2n) is 9.76. The molecule has 1 amide bonds. The Labute approximate surface area is 228 Å². The van der Waals surface area contributed by atoms with Crippen molar-refractivity contribution in [2.45, 2.75) is 45.8 Å². The van der Waals surface area contributed by atoms with Gasteiger partial charge in [-0.3, -0.25) is 9.59 Å². The van der Waals surface area contributed by atoms with E-state index in [1.165, 1.54) is 0 Å². The van der Waals surface area contributed by atoms with E-state index in [9.17, 15) is 14.7 Å². The van der Waals surface area contributed by atoms with E-state index in [0.717, 1.165) is 16.9 Å². The summed E-state index contributed by atoms with van der Waals surface area (Å²) in [4.78, 5) is 28.5. The van der Waals surface area contributed by atoms with Crippen LogP contribution in [-0.2, 0) is 22.4 Å². The lowest BCUT2D eigenvalue weighted by Gasteiger charge is -2.26. The Morgan fingerprint density at radius 3 is 2.46 bits per heavy atom. The van der Waals surface area contributed by atoms with Gasteiger partial charge in [0.05, 0.1) is 24.8 Å². The molecule has 2 aliphatic rings. The van der Waals surface area contributed by atoms with Crippen LogP contribution in [0.2, 0.25) is 0 Å². The highest BCUT2D eigenvalue weighted by molar-refractivity contribution is 6.46. The molecular formula is C32H33NO6. The van der Waals surface area contributed by atoms with Gasteiger partial charge in [0.25, 0.3) is 11.7 Å². The molecule has 3 aromatic carbocycles. The van der Waals surface area contributed by atoms with Crippen LogP contribution >= 0.6 is 0 Å². The van der Waals surface area contributed by atoms with Gasteiger partial charge >= 0.3 is 0 Å². The zero-order valence-electron chi connectivity index (χ0n) is 22.5. The molecule has 7 heteroatoms. The summed E-state index contributed by atoms with van der Waals surface area (Å²) in [5.41, 5.74) is 3.21. The molecule has 2 atom stereocenters. The third kappa shape index (κ3) is 5.21. The zero-order chi connectivity index (χ0) is 27.5. The van der Waals surface area contributed by atoms with Gasteiger partial charge in [-0.1, -0.05) is 36.4 Å². The number of hydrogen-bond donors (Lipinski definition) is 1. The molecule has 7 nitrogen and oxygen atoms in total. The van der Waals surface area contributed by atoms with Gasteiger partial charge in [0, 0.05) is 18.5 Å². The summed E-state index contributed by atoms with van der Waals surface area (Å²) < 4.78 is 17.4. The minimum absolute atomic E-state index is 0.0433. The zero-order valence-corrected chi connectivity index (χ0v) is 22.5. The summed E-state index contributed by atoms with van der Waals surface area (Å²) in [7, 11) is 0. The lowest BCUT2D eigenvalue weighted by Crippen LogP contribution is -2.31. The van der Waals surface area contributed by atoms with Crippen molar-refractivity contribution in [3.63, 3.8) is 0 Å². The molecule has 3 aromatic rings. The number of Topliss-reactive ketones (excluding diaryl/α,β-unsaturated/α-hetero) is 1. The molecule has 2 heterocycles. The summed E-state index contributed by atoms with van der Waals surface area (Å²) in [5.74, 6) is 0.331. The van der Waals surface area contributed by atoms with Gasteiger partial charge < -0.3 is 24.2 Å². The van der Waals surface area contributed by atoms with Crippen LogP contribution in [0.25, 0.3) is 5.76 Å². The van der Waals surface area contributed by atoms with Crippen LogP contribution in [-0.4, -0.2) is 47.6 Å². The van der Waals surface area contributed by atoms with Gasteiger partial charge in [0.15, 0.2) is 11.5 Å². The monoisotopic (exact) mass is 527 g/mol. The van der Waals surface area contributed by atoms with E-state index in [1.54, 1.807) is 29.2 Å². The van der Waals surface area contributed by atoms with Crippen LogP contribution in [0.1, 0.15) is 49.1 Å². The fourth-order valence-corrected chi connectivity index (χ4v) is 5.31. The predicted molar refractivity (Wildman–Crippen MR) is 148 cm³/mol. The van der Waals surface area contributed by atoms with Crippen molar-refractivity contribution in [3.05, 3.63) is 94.6 Å². The lowest BCUT2D eigenvalue weighted by atomic mass is 9.94. The van der Waals surface area contributed by atoms with Crippen molar-refractivity contribution < 1.29 is 28.9 Å². The molecule has 2 unspecified atom stereocenters. The second kappa shape index (κ2) is 11.2. The van der Waals surface area contributed by atoms with E-state index < -0.39 is 17.7 Å². The van der Waals surface area contributed by atoms with E-state index >= 15 is 0 Å². The first kappa shape index (κ1) is 26.4. The second-order valence-corrected chi connectivity index (χ2v) is 9.76. The molecule has 1 N–H and O–H groups in total. The minimum atomic E-state index is -0.785. The molecule has 0 saturated carbocycles. The highest BCUT2D eigenvalue weighted by atomic mass is 16.5. The fourth-order valence-electron chi connectivity index (χ4n) is 5.31. The number of carbonyl (C=O) groups is 2. The Bertz CT molecular complexity index is 1410. The van der Waals surface area contributed by atoms with Gasteiger partial charge in [-0.05, 0) is 74.2 Å². The maximum Gasteiger partial charge on any atom is 0.295 e. The Balaban J connectivity index is 1.60. The van der Waals surface area contributed by atoms with E-state index in [-0.39, 0.29) is 17.4 Å². The number of benzene rings is 3. The first-order valence-electron chi connectivity index (χ1n) is 13.4. The Morgan fingerprint density at radius 2 is 1.72 bits per heavy atom. The van der Waals surface area contributed by atoms with Crippen LogP contribution in [0.15, 0.2) is 72.3 Å². The number of aliphatic hydroxyl groups is 1. The van der Waals surface area contributed by atoms with Gasteiger partial charge in [-0.2, -0.15) is 0 Å². The molecule has 2 aliphatic heterocycles. The molecule has 0 aromatic heterocycles. The average Bonchev–Trinajstić information content (AvgIpc) is 3.44. The molecule has 1 fully saturated rings. The first-order valence-corrected chi connectivity index (χ1v) is 13.4. The maximum atomic E-state index is 13.5. The summed E-state index contributed by atoms with van der Waals surface area (Å²) in [6.07, 6.45) is 1.32. The fraction of sp³-hybridized carbons (Fsp3) is 0.312. The third-order valence-electron chi connectivity index (χ3n) is 7.08. The highest BCUT2D eigenvalue weighted by Gasteiger charge is 2.46. The molecule has 39 heavy (non-hydrogen) atoms. The third-order valence-corrected chi connectivity index (χ3v) is 7.08. The minimum Gasteiger partial charge on any atom is -0.507 e. The largest absolute Gasteiger partial charge is 0.507 e. The highest BCUT2D eigenvalue weighted by Crippen LogP contribution is 2.43. The first-order chi connectivity index (χ1) is 18.9. The number of nitrogens with zero attached hydrogens (tertiary/aromatic N) is 1. The van der Waals surface area contributed by atoms with Crippen molar-refractivity contribution >= 4 is 17.4 Å². The number of ether oxygens (including phenoxy) is 3. The van der Waals surface area contributed by atoms with Crippen molar-refractivity contribution in [2.75, 3.05) is 19.8 Å². The van der Waals surface area contributed by atoms with Crippen molar-refractivity contribution in [3.8, 4) is 17.2 Å². The van der Waals surface area contributed by atoms with Gasteiger partial charge in [0.1, 0.15) is 17.6 Å². The van der Waals surface area contributed by atoms with E-state index in [0.29, 0.717) is 55.2 Å². The summed E-state index contributed by atoms with van der Waals surface area (Å²) in [6, 6.07) is 19.8. The normalized spacial score (nSPS) is 19.6. The van der Waals surface area contributed by atoms with Gasteiger partial charge in [-0.25, -0.2) is 0 Å². The quantitative estimate of drug-likeness (QED) is 0.226. The molecule has 202 valence electrons. The summed E-state index contributed by atoms with van der Waals surface area (Å²) >= 11 is 0. The number of likely N-dealkylation sites (tertiary alicyclic amines) is 1. The Kier molecular flexibility index (Phi) is 7.59. The number of ketones is 1. The molecule has 0 spiro atoms. The maximum absolute atomic E-state index is 13.5. The topological polar surface area (TPSA) is 85.3 Å². The van der Waals surface area contributed by atoms with Crippen LogP contribution in [0.3, 0.4) is 0 Å². The number of fused-ring (bicyclic) bond motifs is 1. The number of rotatable bonds is 9. The van der Waals surface area contributed by atoms with E-state index in [4.69, 9.17) is 14.2 Å². The number of amides is 1. The molecule has 1 saturated heterocycles. The van der Waals surface area contributed by atoms with Crippen LogP contribution in [0, 0.1) is 0 Å². The average molecular weight is 528 g/mol. The summed E-state index contributed by atoms with van der Waals surface area (Å²) in [6.45, 7) is 6.96. The van der Waals surface area contributed by atoms with Crippen molar-refractivity contribution in [1.82, 2.24) is 4.90 Å². The SMILES string of the molecule is CCOc1ccc(C2C(=C(O)c3ccc4c(c3)CC(C)O4)C(=O)C(=O)N2CCc2ccccc2)cc1OCC. The van der Waals surface area contributed by atoms with Crippen molar-refractivity contribution in [2.24, 2.45) is 0 Å². The van der Waals surface area contributed by atoms with E-state index in [1.807, 2.05) is 63.2 Å². The van der Waals surface area contributed by atoms with Crippen LogP contribution < -0.4 is 14.2 Å². The lowest BCUT2D eigenvalue weighted by molar-refractivity contribution is -0.139. The van der Waals surface area contributed by atoms with Crippen molar-refractivity contribution in [1.29, 1.82) is 0 Å². The summed E-state index contributed by atoms with van der Waals surface area (Å²) in [5, 5.41) is 11.5. The van der Waals surface area contributed by atoms with Crippen LogP contribution in [0.4, 0.5) is 0 Å².